The van der Waals surface area contributed by atoms with Crippen LogP contribution in [0.25, 0.3) is 10.8 Å². The van der Waals surface area contributed by atoms with Gasteiger partial charge in [0.15, 0.2) is 14.6 Å². The van der Waals surface area contributed by atoms with Crippen LogP contribution in [0.4, 0.5) is 0 Å². The molecule has 0 aromatic heterocycles. The standard InChI is InChI=1S/C45H42B3O12S5/c1-7-9-28-19-31(46-6)12-16-37(28)45(4,5)38-17-13-32(20-29(38)10-8-2)47-41-24-36(64(53,54)55)22-30-21-33(61-59-49)23-40(44(30)41)48-39-18-15-35(26-43(39)65(56,57)58)63(51,52)34-14-11-27(3)42(25-34)62-60-50/h7-8,11-26,49-50H,1-2,9-10H2,3-6H3,(H,53,54,55)(H,56,57,58). The van der Waals surface area contributed by atoms with Crippen molar-refractivity contribution in [1.82, 2.24) is 0 Å². The van der Waals surface area contributed by atoms with Crippen LogP contribution in [-0.2, 0) is 57.0 Å². The van der Waals surface area contributed by atoms with Crippen molar-refractivity contribution in [2.75, 3.05) is 0 Å². The van der Waals surface area contributed by atoms with Crippen LogP contribution < -0.4 is 27.3 Å². The molecule has 0 saturated carbocycles. The Balaban J connectivity index is 1.52. The molecule has 0 aliphatic heterocycles. The lowest BCUT2D eigenvalue weighted by Crippen LogP contribution is -2.37. The lowest BCUT2D eigenvalue weighted by Gasteiger charge is -2.31. The number of fused-ring (bicyclic) bond motifs is 1. The Hall–Kier alpha value is -4.44. The van der Waals surface area contributed by atoms with Crippen molar-refractivity contribution >= 4 is 114 Å². The van der Waals surface area contributed by atoms with Gasteiger partial charge in [0.25, 0.3) is 20.2 Å². The molecular formula is C45H42B3O12S5. The molecule has 0 atom stereocenters. The number of sulfone groups is 1. The van der Waals surface area contributed by atoms with E-state index in [9.17, 15) is 39.6 Å². The average Bonchev–Trinajstić information content (AvgIpc) is 3.24. The first-order chi connectivity index (χ1) is 30.7. The smallest absolute Gasteiger partial charge is 0.282 e. The monoisotopic (exact) mass is 967 g/mol. The van der Waals surface area contributed by atoms with E-state index in [0.29, 0.717) is 53.3 Å². The summed E-state index contributed by atoms with van der Waals surface area (Å²) >= 11 is 1.02. The Bertz CT molecular complexity index is 3180. The van der Waals surface area contributed by atoms with E-state index >= 15 is 0 Å². The fraction of sp³-hybridized carbons (Fsp3) is 0.156. The van der Waals surface area contributed by atoms with Gasteiger partial charge in [0, 0.05) is 15.2 Å². The number of benzene rings is 6. The van der Waals surface area contributed by atoms with Crippen LogP contribution in [0, 0.1) is 6.92 Å². The molecular weight excluding hydrogens is 925 g/mol. The fourth-order valence-corrected chi connectivity index (χ4v) is 11.5. The summed E-state index contributed by atoms with van der Waals surface area (Å²) in [5.74, 6) is 0. The second-order valence-electron chi connectivity index (χ2n) is 15.5. The van der Waals surface area contributed by atoms with E-state index in [-0.39, 0.29) is 36.5 Å². The SMILES string of the molecule is C=CCc1cc([B]C)ccc1C(C)(C)c1ccc([B]c2cc(S(=O)(=O)O)cc3cc(SOO)cc([B]c4ccc(S(=O)(=O)c5ccc(C)c(SOO)c5)cc4S(=O)(=O)O)c23)cc1CC=C. The van der Waals surface area contributed by atoms with E-state index in [1.807, 2.05) is 38.4 Å². The summed E-state index contributed by atoms with van der Waals surface area (Å²) in [5.41, 5.74) is 6.38. The van der Waals surface area contributed by atoms with Crippen molar-refractivity contribution in [3.05, 3.63) is 150 Å². The molecule has 0 saturated heterocycles. The number of hydrogen-bond acceptors (Lipinski definition) is 12. The lowest BCUT2D eigenvalue weighted by molar-refractivity contribution is -0.116. The van der Waals surface area contributed by atoms with Crippen molar-refractivity contribution in [3.8, 4) is 0 Å². The molecule has 12 nitrogen and oxygen atoms in total. The van der Waals surface area contributed by atoms with Gasteiger partial charge in [-0.3, -0.25) is 9.11 Å². The third kappa shape index (κ3) is 11.1. The third-order valence-electron chi connectivity index (χ3n) is 11.0. The van der Waals surface area contributed by atoms with Gasteiger partial charge in [-0.1, -0.05) is 115 Å². The minimum Gasteiger partial charge on any atom is -0.282 e. The molecule has 0 unspecified atom stereocenters. The van der Waals surface area contributed by atoms with Crippen LogP contribution in [0.5, 0.6) is 0 Å². The predicted octanol–water partition coefficient (Wildman–Crippen LogP) is 5.94. The Morgan fingerprint density at radius 2 is 1.23 bits per heavy atom. The largest absolute Gasteiger partial charge is 0.294 e. The summed E-state index contributed by atoms with van der Waals surface area (Å²) < 4.78 is 108. The van der Waals surface area contributed by atoms with Gasteiger partial charge >= 0.3 is 0 Å². The number of allylic oxidation sites excluding steroid dienone is 2. The summed E-state index contributed by atoms with van der Waals surface area (Å²) in [4.78, 5) is -1.45. The van der Waals surface area contributed by atoms with Crippen molar-refractivity contribution < 1.29 is 53.5 Å². The van der Waals surface area contributed by atoms with E-state index in [4.69, 9.17) is 5.26 Å². The second kappa shape index (κ2) is 20.2. The lowest BCUT2D eigenvalue weighted by atomic mass is 9.57. The first-order valence-electron chi connectivity index (χ1n) is 19.7. The molecule has 6 aromatic rings. The molecule has 0 aliphatic rings. The number of hydrogen-bond donors (Lipinski definition) is 4. The zero-order valence-electron chi connectivity index (χ0n) is 35.5. The maximum Gasteiger partial charge on any atom is 0.294 e. The van der Waals surface area contributed by atoms with Gasteiger partial charge in [-0.25, -0.2) is 18.9 Å². The van der Waals surface area contributed by atoms with Gasteiger partial charge in [0.1, 0.15) is 7.28 Å². The van der Waals surface area contributed by atoms with Crippen molar-refractivity contribution in [2.24, 2.45) is 0 Å². The van der Waals surface area contributed by atoms with Crippen LogP contribution in [0.2, 0.25) is 6.82 Å². The number of rotatable bonds is 19. The Labute approximate surface area is 390 Å². The van der Waals surface area contributed by atoms with Crippen LogP contribution in [0.15, 0.2) is 152 Å². The summed E-state index contributed by atoms with van der Waals surface area (Å²) in [5, 5.41) is 19.0. The van der Waals surface area contributed by atoms with E-state index < -0.39 is 50.2 Å². The van der Waals surface area contributed by atoms with E-state index in [1.165, 1.54) is 55.8 Å². The Morgan fingerprint density at radius 3 is 1.82 bits per heavy atom. The maximum absolute atomic E-state index is 13.8. The molecule has 333 valence electrons. The highest BCUT2D eigenvalue weighted by Crippen LogP contribution is 2.36. The second-order valence-corrected chi connectivity index (χ2v) is 21.8. The summed E-state index contributed by atoms with van der Waals surface area (Å²) in [6.07, 6.45) is 4.80. The molecule has 6 aromatic carbocycles. The molecule has 0 aliphatic carbocycles. The molecule has 0 heterocycles. The van der Waals surface area contributed by atoms with Crippen LogP contribution in [0.3, 0.4) is 0 Å². The third-order valence-corrected chi connectivity index (χ3v) is 15.6. The highest BCUT2D eigenvalue weighted by atomic mass is 32.2. The van der Waals surface area contributed by atoms with Crippen LogP contribution in [-0.4, -0.2) is 66.7 Å². The first-order valence-corrected chi connectivity index (χ1v) is 25.5. The van der Waals surface area contributed by atoms with Gasteiger partial charge in [-0.05, 0) is 101 Å². The van der Waals surface area contributed by atoms with Gasteiger partial charge in [0.2, 0.25) is 9.84 Å². The molecule has 4 N–H and O–H groups in total. The van der Waals surface area contributed by atoms with Crippen molar-refractivity contribution in [2.45, 2.75) is 75.2 Å². The van der Waals surface area contributed by atoms with Gasteiger partial charge in [-0.15, -0.1) is 13.2 Å². The highest BCUT2D eigenvalue weighted by molar-refractivity contribution is 7.95. The van der Waals surface area contributed by atoms with Gasteiger partial charge in [-0.2, -0.15) is 25.5 Å². The maximum atomic E-state index is 13.8. The van der Waals surface area contributed by atoms with Crippen molar-refractivity contribution in [3.63, 3.8) is 0 Å². The van der Waals surface area contributed by atoms with E-state index in [0.717, 1.165) is 39.8 Å². The highest BCUT2D eigenvalue weighted by Gasteiger charge is 2.29. The minimum atomic E-state index is -5.11. The summed E-state index contributed by atoms with van der Waals surface area (Å²) in [7, 11) is -9.22. The number of aryl methyl sites for hydroxylation is 1. The minimum absolute atomic E-state index is 0.154. The first kappa shape index (κ1) is 50.0. The fourth-order valence-electron chi connectivity index (χ4n) is 7.89. The Morgan fingerprint density at radius 1 is 0.646 bits per heavy atom. The molecule has 20 heteroatoms. The Kier molecular flexibility index (Phi) is 15.5. The van der Waals surface area contributed by atoms with E-state index in [2.05, 4.69) is 53.9 Å². The van der Waals surface area contributed by atoms with Gasteiger partial charge in [0.05, 0.1) is 43.7 Å². The summed E-state index contributed by atoms with van der Waals surface area (Å²) in [6, 6.07) is 24.9. The summed E-state index contributed by atoms with van der Waals surface area (Å²) in [6.45, 7) is 15.9. The zero-order valence-corrected chi connectivity index (χ0v) is 39.6. The molecule has 0 amide bonds. The predicted molar refractivity (Wildman–Crippen MR) is 260 cm³/mol. The molecule has 0 bridgehead atoms. The van der Waals surface area contributed by atoms with E-state index in [1.54, 1.807) is 20.3 Å². The molecule has 0 spiro atoms. The quantitative estimate of drug-likeness (QED) is 0.0186. The molecule has 65 heavy (non-hydrogen) atoms. The van der Waals surface area contributed by atoms with Crippen molar-refractivity contribution in [1.29, 1.82) is 0 Å². The zero-order chi connectivity index (χ0) is 47.5. The molecule has 6 rings (SSSR count). The van der Waals surface area contributed by atoms with Gasteiger partial charge < -0.3 is 0 Å². The van der Waals surface area contributed by atoms with Crippen LogP contribution >= 0.6 is 24.1 Å². The average molecular weight is 968 g/mol. The molecule has 3 radical (unpaired) electrons. The van der Waals surface area contributed by atoms with Crippen LogP contribution in [0.1, 0.15) is 41.7 Å². The topological polar surface area (TPSA) is 202 Å². The molecule has 0 fully saturated rings. The normalized spacial score (nSPS) is 12.2.